The summed E-state index contributed by atoms with van der Waals surface area (Å²) in [6, 6.07) is 11.8. The molecular formula is C16H16N2O2S. The van der Waals surface area contributed by atoms with Gasteiger partial charge in [-0.3, -0.25) is 0 Å². The number of aryl methyl sites for hydroxylation is 1. The van der Waals surface area contributed by atoms with Crippen LogP contribution in [-0.2, 0) is 6.54 Å². The summed E-state index contributed by atoms with van der Waals surface area (Å²) in [5, 5.41) is 4.19. The monoisotopic (exact) mass is 300 g/mol. The maximum atomic E-state index is 5.30. The largest absolute Gasteiger partial charge is 0.497 e. The van der Waals surface area contributed by atoms with Crippen LogP contribution < -0.4 is 10.1 Å². The Balaban J connectivity index is 1.76. The van der Waals surface area contributed by atoms with Crippen molar-refractivity contribution in [2.45, 2.75) is 13.5 Å². The molecule has 0 radical (unpaired) electrons. The van der Waals surface area contributed by atoms with Crippen molar-refractivity contribution in [1.82, 2.24) is 4.98 Å². The third-order valence-corrected chi connectivity index (χ3v) is 4.08. The predicted octanol–water partition coefficient (Wildman–Crippen LogP) is 4.33. The van der Waals surface area contributed by atoms with Crippen molar-refractivity contribution < 1.29 is 9.15 Å². The van der Waals surface area contributed by atoms with Gasteiger partial charge < -0.3 is 14.5 Å². The van der Waals surface area contributed by atoms with Crippen LogP contribution in [0.2, 0.25) is 0 Å². The SMILES string of the molecule is COc1ccc(-c2nc(NCc3ccco3)sc2C)cc1. The number of hydrogen-bond acceptors (Lipinski definition) is 5. The molecule has 3 aromatic rings. The summed E-state index contributed by atoms with van der Waals surface area (Å²) in [4.78, 5) is 5.84. The number of aromatic nitrogens is 1. The zero-order valence-corrected chi connectivity index (χ0v) is 12.7. The summed E-state index contributed by atoms with van der Waals surface area (Å²) >= 11 is 1.65. The fourth-order valence-corrected chi connectivity index (χ4v) is 2.90. The molecule has 0 bridgehead atoms. The summed E-state index contributed by atoms with van der Waals surface area (Å²) < 4.78 is 10.5. The molecule has 0 fully saturated rings. The first-order valence-corrected chi connectivity index (χ1v) is 7.46. The number of rotatable bonds is 5. The van der Waals surface area contributed by atoms with Crippen LogP contribution in [0.15, 0.2) is 47.1 Å². The molecule has 2 heterocycles. The lowest BCUT2D eigenvalue weighted by Gasteiger charge is -2.02. The Kier molecular flexibility index (Phi) is 3.92. The van der Waals surface area contributed by atoms with Gasteiger partial charge >= 0.3 is 0 Å². The Labute approximate surface area is 127 Å². The molecule has 1 N–H and O–H groups in total. The highest BCUT2D eigenvalue weighted by atomic mass is 32.1. The van der Waals surface area contributed by atoms with Crippen molar-refractivity contribution in [2.75, 3.05) is 12.4 Å². The van der Waals surface area contributed by atoms with Gasteiger partial charge in [0.15, 0.2) is 5.13 Å². The van der Waals surface area contributed by atoms with E-state index in [0.29, 0.717) is 6.54 Å². The molecule has 4 nitrogen and oxygen atoms in total. The van der Waals surface area contributed by atoms with Crippen molar-refractivity contribution in [2.24, 2.45) is 0 Å². The first-order chi connectivity index (χ1) is 10.3. The van der Waals surface area contributed by atoms with E-state index in [1.807, 2.05) is 36.4 Å². The van der Waals surface area contributed by atoms with Crippen LogP contribution in [0.5, 0.6) is 5.75 Å². The summed E-state index contributed by atoms with van der Waals surface area (Å²) in [6.45, 7) is 2.72. The average Bonchev–Trinajstić information content (AvgIpc) is 3.15. The minimum Gasteiger partial charge on any atom is -0.497 e. The highest BCUT2D eigenvalue weighted by Gasteiger charge is 2.10. The van der Waals surface area contributed by atoms with Crippen molar-refractivity contribution in [3.8, 4) is 17.0 Å². The van der Waals surface area contributed by atoms with Crippen LogP contribution >= 0.6 is 11.3 Å². The van der Waals surface area contributed by atoms with E-state index in [1.165, 1.54) is 4.88 Å². The van der Waals surface area contributed by atoms with Crippen molar-refractivity contribution in [3.63, 3.8) is 0 Å². The van der Waals surface area contributed by atoms with E-state index in [9.17, 15) is 0 Å². The van der Waals surface area contributed by atoms with E-state index in [4.69, 9.17) is 9.15 Å². The number of nitrogens with one attached hydrogen (secondary N) is 1. The van der Waals surface area contributed by atoms with Gasteiger partial charge in [0.05, 0.1) is 25.6 Å². The number of nitrogens with zero attached hydrogens (tertiary/aromatic N) is 1. The molecule has 0 spiro atoms. The van der Waals surface area contributed by atoms with Gasteiger partial charge in [-0.2, -0.15) is 0 Å². The molecule has 0 unspecified atom stereocenters. The lowest BCUT2D eigenvalue weighted by Crippen LogP contribution is -1.97. The number of ether oxygens (including phenoxy) is 1. The highest BCUT2D eigenvalue weighted by molar-refractivity contribution is 7.15. The number of benzene rings is 1. The van der Waals surface area contributed by atoms with Crippen LogP contribution in [-0.4, -0.2) is 12.1 Å². The van der Waals surface area contributed by atoms with Crippen LogP contribution in [0.4, 0.5) is 5.13 Å². The Bertz CT molecular complexity index is 702. The molecule has 2 aromatic heterocycles. The molecular weight excluding hydrogens is 284 g/mol. The zero-order chi connectivity index (χ0) is 14.7. The first kappa shape index (κ1) is 13.7. The van der Waals surface area contributed by atoms with E-state index in [1.54, 1.807) is 24.7 Å². The second-order valence-electron chi connectivity index (χ2n) is 4.59. The summed E-state index contributed by atoms with van der Waals surface area (Å²) in [5.41, 5.74) is 2.10. The molecule has 0 saturated heterocycles. The van der Waals surface area contributed by atoms with Crippen molar-refractivity contribution in [1.29, 1.82) is 0 Å². The van der Waals surface area contributed by atoms with Gasteiger partial charge in [0, 0.05) is 10.4 Å². The number of thiazole rings is 1. The van der Waals surface area contributed by atoms with E-state index in [2.05, 4.69) is 17.2 Å². The van der Waals surface area contributed by atoms with E-state index >= 15 is 0 Å². The number of furan rings is 1. The number of anilines is 1. The molecule has 1 aromatic carbocycles. The highest BCUT2D eigenvalue weighted by Crippen LogP contribution is 2.31. The standard InChI is InChI=1S/C16H16N2O2S/c1-11-15(12-5-7-13(19-2)8-6-12)18-16(21-11)17-10-14-4-3-9-20-14/h3-9H,10H2,1-2H3,(H,17,18). The van der Waals surface area contributed by atoms with Gasteiger partial charge in [-0.15, -0.1) is 11.3 Å². The van der Waals surface area contributed by atoms with Gasteiger partial charge in [0.2, 0.25) is 0 Å². The predicted molar refractivity (Wildman–Crippen MR) is 84.9 cm³/mol. The Morgan fingerprint density at radius 2 is 2.05 bits per heavy atom. The van der Waals surface area contributed by atoms with E-state index in [0.717, 1.165) is 27.9 Å². The Morgan fingerprint density at radius 3 is 2.71 bits per heavy atom. The smallest absolute Gasteiger partial charge is 0.183 e. The second kappa shape index (κ2) is 6.01. The molecule has 0 atom stereocenters. The summed E-state index contributed by atoms with van der Waals surface area (Å²) in [6.07, 6.45) is 1.67. The number of methoxy groups -OCH3 is 1. The lowest BCUT2D eigenvalue weighted by atomic mass is 10.1. The van der Waals surface area contributed by atoms with Gasteiger partial charge in [0.1, 0.15) is 11.5 Å². The fourth-order valence-electron chi connectivity index (χ4n) is 2.06. The van der Waals surface area contributed by atoms with Gasteiger partial charge in [0.25, 0.3) is 0 Å². The molecule has 0 amide bonds. The Morgan fingerprint density at radius 1 is 1.24 bits per heavy atom. The second-order valence-corrected chi connectivity index (χ2v) is 5.79. The maximum absolute atomic E-state index is 5.30. The average molecular weight is 300 g/mol. The molecule has 21 heavy (non-hydrogen) atoms. The zero-order valence-electron chi connectivity index (χ0n) is 11.9. The molecule has 5 heteroatoms. The van der Waals surface area contributed by atoms with Gasteiger partial charge in [-0.25, -0.2) is 4.98 Å². The van der Waals surface area contributed by atoms with Crippen LogP contribution in [0.1, 0.15) is 10.6 Å². The van der Waals surface area contributed by atoms with E-state index in [-0.39, 0.29) is 0 Å². The van der Waals surface area contributed by atoms with Gasteiger partial charge in [-0.05, 0) is 43.3 Å². The molecule has 0 aliphatic heterocycles. The van der Waals surface area contributed by atoms with E-state index < -0.39 is 0 Å². The third kappa shape index (κ3) is 3.08. The quantitative estimate of drug-likeness (QED) is 0.761. The third-order valence-electron chi connectivity index (χ3n) is 3.15. The summed E-state index contributed by atoms with van der Waals surface area (Å²) in [7, 11) is 1.67. The van der Waals surface area contributed by atoms with Gasteiger partial charge in [-0.1, -0.05) is 0 Å². The number of hydrogen-bond donors (Lipinski definition) is 1. The minimum absolute atomic E-state index is 0.641. The van der Waals surface area contributed by atoms with Crippen LogP contribution in [0.3, 0.4) is 0 Å². The molecule has 0 aliphatic rings. The maximum Gasteiger partial charge on any atom is 0.183 e. The normalized spacial score (nSPS) is 10.6. The first-order valence-electron chi connectivity index (χ1n) is 6.64. The van der Waals surface area contributed by atoms with Crippen molar-refractivity contribution >= 4 is 16.5 Å². The lowest BCUT2D eigenvalue weighted by molar-refractivity contribution is 0.415. The van der Waals surface area contributed by atoms with Crippen LogP contribution in [0, 0.1) is 6.92 Å². The molecule has 3 rings (SSSR count). The summed E-state index contributed by atoms with van der Waals surface area (Å²) in [5.74, 6) is 1.75. The Hall–Kier alpha value is -2.27. The topological polar surface area (TPSA) is 47.3 Å². The molecule has 108 valence electrons. The molecule has 0 saturated carbocycles. The van der Waals surface area contributed by atoms with Crippen LogP contribution in [0.25, 0.3) is 11.3 Å². The molecule has 0 aliphatic carbocycles. The fraction of sp³-hybridized carbons (Fsp3) is 0.188. The minimum atomic E-state index is 0.641. The van der Waals surface area contributed by atoms with Crippen molar-refractivity contribution in [3.05, 3.63) is 53.3 Å².